The van der Waals surface area contributed by atoms with Gasteiger partial charge in [0.15, 0.2) is 0 Å². The number of carbonyl (C=O) groups excluding carboxylic acids is 1. The molecule has 1 atom stereocenters. The highest BCUT2D eigenvalue weighted by Crippen LogP contribution is 2.18. The number of benzene rings is 1. The zero-order chi connectivity index (χ0) is 16.2. The lowest BCUT2D eigenvalue weighted by molar-refractivity contribution is 0.239. The summed E-state index contributed by atoms with van der Waals surface area (Å²) >= 11 is 0. The van der Waals surface area contributed by atoms with Crippen LogP contribution in [-0.2, 0) is 10.0 Å². The molecule has 0 aliphatic carbocycles. The largest absolute Gasteiger partial charge is 0.338 e. The fourth-order valence-electron chi connectivity index (χ4n) is 2.47. The third-order valence-electron chi connectivity index (χ3n) is 3.58. The third-order valence-corrected chi connectivity index (χ3v) is 4.85. The van der Waals surface area contributed by atoms with Crippen LogP contribution in [0.1, 0.15) is 12.8 Å². The van der Waals surface area contributed by atoms with Crippen LogP contribution >= 0.6 is 0 Å². The summed E-state index contributed by atoms with van der Waals surface area (Å²) in [5.74, 6) is -0.337. The van der Waals surface area contributed by atoms with Gasteiger partial charge in [-0.3, -0.25) is 0 Å². The molecule has 0 spiro atoms. The number of sulfonamides is 1. The number of hydrogen-bond acceptors (Lipinski definition) is 3. The number of hydrogen-bond donors (Lipinski definition) is 2. The molecule has 0 saturated carbocycles. The van der Waals surface area contributed by atoms with E-state index >= 15 is 0 Å². The summed E-state index contributed by atoms with van der Waals surface area (Å²) in [6, 6.07) is 5.20. The fourth-order valence-corrected chi connectivity index (χ4v) is 3.42. The molecule has 1 aromatic carbocycles. The van der Waals surface area contributed by atoms with Crippen molar-refractivity contribution in [2.45, 2.75) is 12.8 Å². The lowest BCUT2D eigenvalue weighted by Gasteiger charge is -2.30. The number of urea groups is 1. The van der Waals surface area contributed by atoms with Gasteiger partial charge >= 0.3 is 6.03 Å². The maximum absolute atomic E-state index is 13.0. The molecule has 0 aromatic heterocycles. The first kappa shape index (κ1) is 16.7. The standard InChI is InChI=1S/C14H20FN3O3S/c1-22(20,21)18-7-3-4-11(10-18)9-16-14(19)17-13-6-2-5-12(15)8-13/h2,5-6,8,11H,3-4,7,9-10H2,1H3,(H2,16,17,19). The third kappa shape index (κ3) is 4.96. The van der Waals surface area contributed by atoms with Crippen molar-refractivity contribution in [1.29, 1.82) is 0 Å². The fraction of sp³-hybridized carbons (Fsp3) is 0.500. The minimum atomic E-state index is -3.19. The highest BCUT2D eigenvalue weighted by atomic mass is 32.2. The lowest BCUT2D eigenvalue weighted by atomic mass is 10.00. The predicted octanol–water partition coefficient (Wildman–Crippen LogP) is 1.62. The summed E-state index contributed by atoms with van der Waals surface area (Å²) in [4.78, 5) is 11.8. The summed E-state index contributed by atoms with van der Waals surface area (Å²) in [6.45, 7) is 1.33. The second-order valence-corrected chi connectivity index (χ2v) is 7.46. The van der Waals surface area contributed by atoms with Gasteiger partial charge in [-0.25, -0.2) is 21.9 Å². The van der Waals surface area contributed by atoms with Crippen molar-refractivity contribution in [2.24, 2.45) is 5.92 Å². The van der Waals surface area contributed by atoms with E-state index in [4.69, 9.17) is 0 Å². The van der Waals surface area contributed by atoms with Gasteiger partial charge in [-0.15, -0.1) is 0 Å². The molecular weight excluding hydrogens is 309 g/mol. The molecule has 1 saturated heterocycles. The van der Waals surface area contributed by atoms with Gasteiger partial charge in [0.1, 0.15) is 5.82 Å². The van der Waals surface area contributed by atoms with Crippen molar-refractivity contribution < 1.29 is 17.6 Å². The van der Waals surface area contributed by atoms with E-state index in [1.807, 2.05) is 0 Å². The Kier molecular flexibility index (Phi) is 5.36. The second-order valence-electron chi connectivity index (χ2n) is 5.47. The van der Waals surface area contributed by atoms with E-state index in [1.54, 1.807) is 6.07 Å². The first-order valence-corrected chi connectivity index (χ1v) is 8.95. The van der Waals surface area contributed by atoms with E-state index < -0.39 is 21.9 Å². The quantitative estimate of drug-likeness (QED) is 0.881. The minimum Gasteiger partial charge on any atom is -0.338 e. The van der Waals surface area contributed by atoms with E-state index in [-0.39, 0.29) is 5.92 Å². The molecule has 1 fully saturated rings. The van der Waals surface area contributed by atoms with Crippen LogP contribution in [-0.4, -0.2) is 44.6 Å². The van der Waals surface area contributed by atoms with E-state index in [1.165, 1.54) is 28.8 Å². The summed E-state index contributed by atoms with van der Waals surface area (Å²) in [5.41, 5.74) is 0.374. The highest BCUT2D eigenvalue weighted by Gasteiger charge is 2.25. The maximum atomic E-state index is 13.0. The molecule has 2 rings (SSSR count). The van der Waals surface area contributed by atoms with Crippen LogP contribution in [0.5, 0.6) is 0 Å². The van der Waals surface area contributed by atoms with E-state index in [9.17, 15) is 17.6 Å². The Bertz CT molecular complexity index is 636. The van der Waals surface area contributed by atoms with Crippen molar-refractivity contribution in [2.75, 3.05) is 31.2 Å². The Morgan fingerprint density at radius 1 is 1.45 bits per heavy atom. The van der Waals surface area contributed by atoms with Gasteiger partial charge in [-0.2, -0.15) is 0 Å². The number of anilines is 1. The average Bonchev–Trinajstić information content (AvgIpc) is 2.45. The maximum Gasteiger partial charge on any atom is 0.319 e. The Morgan fingerprint density at radius 2 is 2.23 bits per heavy atom. The number of amides is 2. The van der Waals surface area contributed by atoms with Gasteiger partial charge < -0.3 is 10.6 Å². The molecular formula is C14H20FN3O3S. The second kappa shape index (κ2) is 7.06. The molecule has 2 N–H and O–H groups in total. The lowest BCUT2D eigenvalue weighted by Crippen LogP contribution is -2.43. The summed E-state index contributed by atoms with van der Waals surface area (Å²) in [6.07, 6.45) is 2.84. The number of nitrogens with zero attached hydrogens (tertiary/aromatic N) is 1. The molecule has 6 nitrogen and oxygen atoms in total. The van der Waals surface area contributed by atoms with Crippen LogP contribution in [0.4, 0.5) is 14.9 Å². The summed E-state index contributed by atoms with van der Waals surface area (Å²) in [5, 5.41) is 5.24. The van der Waals surface area contributed by atoms with Crippen LogP contribution in [0.3, 0.4) is 0 Å². The molecule has 0 bridgehead atoms. The van der Waals surface area contributed by atoms with Gasteiger partial charge in [0.2, 0.25) is 10.0 Å². The van der Waals surface area contributed by atoms with Gasteiger partial charge in [0.05, 0.1) is 6.26 Å². The number of nitrogens with one attached hydrogen (secondary N) is 2. The Morgan fingerprint density at radius 3 is 2.91 bits per heavy atom. The molecule has 1 heterocycles. The molecule has 122 valence electrons. The van der Waals surface area contributed by atoms with Gasteiger partial charge in [-0.1, -0.05) is 6.07 Å². The number of rotatable bonds is 4. The van der Waals surface area contributed by atoms with Gasteiger partial charge in [0.25, 0.3) is 0 Å². The topological polar surface area (TPSA) is 78.5 Å². The van der Waals surface area contributed by atoms with Crippen molar-refractivity contribution in [3.05, 3.63) is 30.1 Å². The van der Waals surface area contributed by atoms with Crippen LogP contribution < -0.4 is 10.6 Å². The normalized spacial score (nSPS) is 19.6. The van der Waals surface area contributed by atoms with Gasteiger partial charge in [0, 0.05) is 25.3 Å². The zero-order valence-corrected chi connectivity index (χ0v) is 13.2. The number of carbonyl (C=O) groups is 1. The van der Waals surface area contributed by atoms with Gasteiger partial charge in [-0.05, 0) is 37.0 Å². The molecule has 1 aliphatic heterocycles. The van der Waals surface area contributed by atoms with Crippen molar-refractivity contribution >= 4 is 21.7 Å². The summed E-state index contributed by atoms with van der Waals surface area (Å²) < 4.78 is 37.5. The Balaban J connectivity index is 1.81. The SMILES string of the molecule is CS(=O)(=O)N1CCCC(CNC(=O)Nc2cccc(F)c2)C1. The molecule has 22 heavy (non-hydrogen) atoms. The Hall–Kier alpha value is -1.67. The smallest absolute Gasteiger partial charge is 0.319 e. The predicted molar refractivity (Wildman–Crippen MR) is 82.6 cm³/mol. The molecule has 1 unspecified atom stereocenters. The van der Waals surface area contributed by atoms with Crippen LogP contribution in [0, 0.1) is 11.7 Å². The average molecular weight is 329 g/mol. The van der Waals surface area contributed by atoms with Crippen molar-refractivity contribution in [1.82, 2.24) is 9.62 Å². The zero-order valence-electron chi connectivity index (χ0n) is 12.4. The molecule has 1 aliphatic rings. The minimum absolute atomic E-state index is 0.0849. The first-order valence-electron chi connectivity index (χ1n) is 7.10. The molecule has 2 amide bonds. The summed E-state index contributed by atoms with van der Waals surface area (Å²) in [7, 11) is -3.19. The van der Waals surface area contributed by atoms with E-state index in [0.717, 1.165) is 12.8 Å². The molecule has 1 aromatic rings. The van der Waals surface area contributed by atoms with Crippen LogP contribution in [0.25, 0.3) is 0 Å². The Labute approximate surface area is 129 Å². The monoisotopic (exact) mass is 329 g/mol. The van der Waals surface area contributed by atoms with E-state index in [0.29, 0.717) is 25.3 Å². The van der Waals surface area contributed by atoms with Crippen molar-refractivity contribution in [3.8, 4) is 0 Å². The first-order chi connectivity index (χ1) is 10.3. The van der Waals surface area contributed by atoms with Crippen LogP contribution in [0.15, 0.2) is 24.3 Å². The number of halogens is 1. The number of piperidine rings is 1. The molecule has 8 heteroatoms. The van der Waals surface area contributed by atoms with Crippen molar-refractivity contribution in [3.63, 3.8) is 0 Å². The van der Waals surface area contributed by atoms with Crippen LogP contribution in [0.2, 0.25) is 0 Å². The molecule has 0 radical (unpaired) electrons. The van der Waals surface area contributed by atoms with E-state index in [2.05, 4.69) is 10.6 Å². The highest BCUT2D eigenvalue weighted by molar-refractivity contribution is 7.88.